The van der Waals surface area contributed by atoms with E-state index in [0.717, 1.165) is 56.6 Å². The number of rotatable bonds is 12. The van der Waals surface area contributed by atoms with Crippen molar-refractivity contribution in [1.29, 1.82) is 0 Å². The molecule has 0 aromatic heterocycles. The van der Waals surface area contributed by atoms with Crippen molar-refractivity contribution in [2.45, 2.75) is 25.7 Å². The highest BCUT2D eigenvalue weighted by molar-refractivity contribution is 14.0. The number of methoxy groups -OCH3 is 3. The van der Waals surface area contributed by atoms with Crippen molar-refractivity contribution in [1.82, 2.24) is 10.6 Å². The number of guanidine groups is 1. The van der Waals surface area contributed by atoms with Crippen LogP contribution >= 0.6 is 24.0 Å². The molecule has 1 saturated carbocycles. The van der Waals surface area contributed by atoms with E-state index in [9.17, 15) is 0 Å². The number of nitrogens with one attached hydrogen (secondary N) is 2. The summed E-state index contributed by atoms with van der Waals surface area (Å²) in [5.41, 5.74) is 1.05. The number of halogens is 1. The fraction of sp³-hybridized carbons (Fsp3) is 0.650. The van der Waals surface area contributed by atoms with E-state index in [0.29, 0.717) is 17.2 Å². The minimum atomic E-state index is 0. The number of nitrogens with zero attached hydrogens (tertiary/aromatic N) is 1. The van der Waals surface area contributed by atoms with Crippen LogP contribution in [0.2, 0.25) is 0 Å². The zero-order valence-electron chi connectivity index (χ0n) is 17.4. The zero-order valence-corrected chi connectivity index (χ0v) is 19.7. The number of hydrogen-bond donors (Lipinski definition) is 2. The summed E-state index contributed by atoms with van der Waals surface area (Å²) in [5, 5.41) is 6.64. The molecule has 160 valence electrons. The van der Waals surface area contributed by atoms with Crippen molar-refractivity contribution in [3.05, 3.63) is 17.7 Å². The molecule has 0 saturated heterocycles. The third-order valence-corrected chi connectivity index (χ3v) is 4.50. The van der Waals surface area contributed by atoms with Gasteiger partial charge in [-0.2, -0.15) is 0 Å². The van der Waals surface area contributed by atoms with E-state index >= 15 is 0 Å². The van der Waals surface area contributed by atoms with Gasteiger partial charge in [0.25, 0.3) is 0 Å². The predicted molar refractivity (Wildman–Crippen MR) is 123 cm³/mol. The maximum atomic E-state index is 5.64. The molecule has 1 aliphatic rings. The third kappa shape index (κ3) is 7.90. The predicted octanol–water partition coefficient (Wildman–Crippen LogP) is 2.85. The van der Waals surface area contributed by atoms with Crippen molar-refractivity contribution in [2.75, 3.05) is 54.7 Å². The van der Waals surface area contributed by atoms with Gasteiger partial charge in [0.2, 0.25) is 5.75 Å². The van der Waals surface area contributed by atoms with Crippen LogP contribution in [0, 0.1) is 5.92 Å². The van der Waals surface area contributed by atoms with E-state index in [-0.39, 0.29) is 24.0 Å². The van der Waals surface area contributed by atoms with Crippen LogP contribution in [-0.2, 0) is 11.2 Å². The second kappa shape index (κ2) is 13.7. The lowest BCUT2D eigenvalue weighted by Crippen LogP contribution is -2.39. The third-order valence-electron chi connectivity index (χ3n) is 4.50. The zero-order chi connectivity index (χ0) is 19.5. The Morgan fingerprint density at radius 2 is 1.75 bits per heavy atom. The van der Waals surface area contributed by atoms with E-state index in [1.54, 1.807) is 28.4 Å². The number of benzene rings is 1. The van der Waals surface area contributed by atoms with Crippen molar-refractivity contribution in [2.24, 2.45) is 10.9 Å². The second-order valence-corrected chi connectivity index (χ2v) is 6.54. The fourth-order valence-electron chi connectivity index (χ4n) is 2.81. The van der Waals surface area contributed by atoms with Crippen LogP contribution < -0.4 is 24.8 Å². The van der Waals surface area contributed by atoms with Crippen LogP contribution in [-0.4, -0.2) is 60.6 Å². The summed E-state index contributed by atoms with van der Waals surface area (Å²) >= 11 is 0. The van der Waals surface area contributed by atoms with Crippen LogP contribution in [0.5, 0.6) is 17.2 Å². The fourth-order valence-corrected chi connectivity index (χ4v) is 2.81. The molecule has 0 radical (unpaired) electrons. The van der Waals surface area contributed by atoms with Gasteiger partial charge >= 0.3 is 0 Å². The van der Waals surface area contributed by atoms with Gasteiger partial charge in [0.05, 0.1) is 21.3 Å². The summed E-state index contributed by atoms with van der Waals surface area (Å²) in [4.78, 5) is 4.26. The molecule has 0 aliphatic heterocycles. The SMILES string of the molecule is CN=C(NCCCOCC1CC1)NCCc1ccc(OC)c(OC)c1OC.I. The van der Waals surface area contributed by atoms with Crippen LogP contribution in [0.3, 0.4) is 0 Å². The largest absolute Gasteiger partial charge is 0.493 e. The summed E-state index contributed by atoms with van der Waals surface area (Å²) in [6, 6.07) is 3.89. The van der Waals surface area contributed by atoms with Gasteiger partial charge in [0.1, 0.15) is 0 Å². The Kier molecular flexibility index (Phi) is 12.1. The summed E-state index contributed by atoms with van der Waals surface area (Å²) in [7, 11) is 6.64. The summed E-state index contributed by atoms with van der Waals surface area (Å²) in [5.74, 6) is 3.59. The quantitative estimate of drug-likeness (QED) is 0.196. The van der Waals surface area contributed by atoms with E-state index in [2.05, 4.69) is 15.6 Å². The highest BCUT2D eigenvalue weighted by Crippen LogP contribution is 2.39. The summed E-state index contributed by atoms with van der Waals surface area (Å²) in [6.07, 6.45) is 4.41. The van der Waals surface area contributed by atoms with Crippen LogP contribution in [0.15, 0.2) is 17.1 Å². The molecular weight excluding hydrogens is 473 g/mol. The molecule has 1 aromatic rings. The molecular formula is C20H34IN3O4. The Hall–Kier alpha value is -1.42. The first kappa shape index (κ1) is 24.6. The van der Waals surface area contributed by atoms with Gasteiger partial charge in [-0.25, -0.2) is 0 Å². The Bertz CT molecular complexity index is 609. The normalized spacial score (nSPS) is 13.5. The molecule has 0 bridgehead atoms. The second-order valence-electron chi connectivity index (χ2n) is 6.54. The Morgan fingerprint density at radius 1 is 1.04 bits per heavy atom. The van der Waals surface area contributed by atoms with Gasteiger partial charge in [0.15, 0.2) is 17.5 Å². The average molecular weight is 507 g/mol. The van der Waals surface area contributed by atoms with E-state index in [1.807, 2.05) is 12.1 Å². The number of ether oxygens (including phenoxy) is 4. The number of aliphatic imine (C=N–C) groups is 1. The maximum absolute atomic E-state index is 5.64. The van der Waals surface area contributed by atoms with Gasteiger partial charge in [-0.1, -0.05) is 6.07 Å². The molecule has 28 heavy (non-hydrogen) atoms. The lowest BCUT2D eigenvalue weighted by molar-refractivity contribution is 0.123. The summed E-state index contributed by atoms with van der Waals surface area (Å²) in [6.45, 7) is 3.27. The first-order valence-corrected chi connectivity index (χ1v) is 9.53. The minimum Gasteiger partial charge on any atom is -0.493 e. The Morgan fingerprint density at radius 3 is 2.36 bits per heavy atom. The van der Waals surface area contributed by atoms with Gasteiger partial charge in [-0.3, -0.25) is 4.99 Å². The van der Waals surface area contributed by atoms with Crippen molar-refractivity contribution in [3.63, 3.8) is 0 Å². The van der Waals surface area contributed by atoms with E-state index in [4.69, 9.17) is 18.9 Å². The molecule has 2 rings (SSSR count). The van der Waals surface area contributed by atoms with Gasteiger partial charge < -0.3 is 29.6 Å². The monoisotopic (exact) mass is 507 g/mol. The topological polar surface area (TPSA) is 73.3 Å². The molecule has 0 amide bonds. The smallest absolute Gasteiger partial charge is 0.203 e. The molecule has 0 unspecified atom stereocenters. The van der Waals surface area contributed by atoms with Crippen molar-refractivity contribution in [3.8, 4) is 17.2 Å². The van der Waals surface area contributed by atoms with Crippen LogP contribution in [0.1, 0.15) is 24.8 Å². The molecule has 1 aliphatic carbocycles. The number of hydrogen-bond acceptors (Lipinski definition) is 5. The molecule has 0 heterocycles. The van der Waals surface area contributed by atoms with Gasteiger partial charge in [-0.15, -0.1) is 24.0 Å². The molecule has 0 atom stereocenters. The molecule has 1 fully saturated rings. The Balaban J connectivity index is 0.00000392. The highest BCUT2D eigenvalue weighted by atomic mass is 127. The standard InChI is InChI=1S/C20H33N3O4.HI/c1-21-20(22-11-5-13-27-14-15-6-7-15)23-12-10-16-8-9-17(24-2)19(26-4)18(16)25-3;/h8-9,15H,5-7,10-14H2,1-4H3,(H2,21,22,23);1H. The average Bonchev–Trinajstić information content (AvgIpc) is 3.52. The summed E-state index contributed by atoms with van der Waals surface area (Å²) < 4.78 is 21.9. The highest BCUT2D eigenvalue weighted by Gasteiger charge is 2.20. The van der Waals surface area contributed by atoms with E-state index in [1.165, 1.54) is 12.8 Å². The molecule has 0 spiro atoms. The van der Waals surface area contributed by atoms with Crippen molar-refractivity contribution >= 4 is 29.9 Å². The van der Waals surface area contributed by atoms with Crippen molar-refractivity contribution < 1.29 is 18.9 Å². The van der Waals surface area contributed by atoms with Gasteiger partial charge in [-0.05, 0) is 37.7 Å². The van der Waals surface area contributed by atoms with E-state index < -0.39 is 0 Å². The molecule has 2 N–H and O–H groups in total. The first-order chi connectivity index (χ1) is 13.2. The van der Waals surface area contributed by atoms with Gasteiger partial charge in [0, 0.05) is 38.9 Å². The van der Waals surface area contributed by atoms with Crippen LogP contribution in [0.4, 0.5) is 0 Å². The van der Waals surface area contributed by atoms with Crippen LogP contribution in [0.25, 0.3) is 0 Å². The molecule has 8 heteroatoms. The molecule has 7 nitrogen and oxygen atoms in total. The first-order valence-electron chi connectivity index (χ1n) is 9.53. The Labute approximate surface area is 185 Å². The lowest BCUT2D eigenvalue weighted by atomic mass is 10.1. The minimum absolute atomic E-state index is 0. The lowest BCUT2D eigenvalue weighted by Gasteiger charge is -2.16. The molecule has 1 aromatic carbocycles. The maximum Gasteiger partial charge on any atom is 0.203 e.